The van der Waals surface area contributed by atoms with Gasteiger partial charge < -0.3 is 20.7 Å². The summed E-state index contributed by atoms with van der Waals surface area (Å²) in [5.41, 5.74) is 0.512. The monoisotopic (exact) mass is 437 g/mol. The van der Waals surface area contributed by atoms with Crippen molar-refractivity contribution >= 4 is 44.9 Å². The van der Waals surface area contributed by atoms with Crippen LogP contribution in [-0.4, -0.2) is 36.2 Å². The largest absolute Gasteiger partial charge is 0.493 e. The first-order chi connectivity index (χ1) is 12.9. The van der Waals surface area contributed by atoms with Crippen LogP contribution in [0.2, 0.25) is 0 Å². The van der Waals surface area contributed by atoms with Gasteiger partial charge in [-0.05, 0) is 34.8 Å². The van der Waals surface area contributed by atoms with Crippen LogP contribution >= 0.6 is 15.9 Å². The Labute approximate surface area is 163 Å². The Morgan fingerprint density at radius 1 is 1.22 bits per heavy atom. The number of carbonyl (C=O) groups excluding carboxylic acids is 2. The summed E-state index contributed by atoms with van der Waals surface area (Å²) in [5.74, 6) is -0.610. The fourth-order valence-corrected chi connectivity index (χ4v) is 3.01. The molecule has 8 nitrogen and oxygen atoms in total. The van der Waals surface area contributed by atoms with Crippen LogP contribution in [0.15, 0.2) is 22.7 Å². The van der Waals surface area contributed by atoms with Crippen molar-refractivity contribution in [3.05, 3.63) is 34.2 Å². The highest BCUT2D eigenvalue weighted by atomic mass is 79.9. The van der Waals surface area contributed by atoms with E-state index in [9.17, 15) is 14.0 Å². The predicted octanol–water partition coefficient (Wildman–Crippen LogP) is 2.84. The molecule has 0 radical (unpaired) electrons. The lowest BCUT2D eigenvalue weighted by Gasteiger charge is -2.15. The molecular weight excluding hydrogens is 421 g/mol. The third-order valence-electron chi connectivity index (χ3n) is 3.92. The van der Waals surface area contributed by atoms with Gasteiger partial charge in [0.05, 0.1) is 23.0 Å². The number of ether oxygens (including phenoxy) is 1. The minimum Gasteiger partial charge on any atom is -0.493 e. The molecule has 1 fully saturated rings. The van der Waals surface area contributed by atoms with Gasteiger partial charge in [-0.1, -0.05) is 0 Å². The minimum atomic E-state index is -0.504. The van der Waals surface area contributed by atoms with E-state index in [2.05, 4.69) is 42.1 Å². The van der Waals surface area contributed by atoms with E-state index in [-0.39, 0.29) is 34.7 Å². The second-order valence-electron chi connectivity index (χ2n) is 5.93. The van der Waals surface area contributed by atoms with E-state index in [0.717, 1.165) is 12.8 Å². The average Bonchev–Trinajstić information content (AvgIpc) is 3.46. The molecule has 0 atom stereocenters. The van der Waals surface area contributed by atoms with E-state index < -0.39 is 11.7 Å². The first kappa shape index (κ1) is 19.0. The maximum absolute atomic E-state index is 13.8. The topological polar surface area (TPSA) is 105 Å². The molecule has 3 rings (SSSR count). The molecule has 2 aromatic rings. The van der Waals surface area contributed by atoms with Crippen LogP contribution in [0.25, 0.3) is 0 Å². The van der Waals surface area contributed by atoms with E-state index >= 15 is 0 Å². The number of anilines is 3. The van der Waals surface area contributed by atoms with Gasteiger partial charge in [-0.15, -0.1) is 10.2 Å². The van der Waals surface area contributed by atoms with Crippen LogP contribution in [0.5, 0.6) is 5.75 Å². The molecule has 3 N–H and O–H groups in total. The maximum atomic E-state index is 13.8. The first-order valence-corrected chi connectivity index (χ1v) is 8.93. The van der Waals surface area contributed by atoms with Crippen LogP contribution < -0.4 is 20.7 Å². The lowest BCUT2D eigenvalue weighted by molar-refractivity contribution is -0.117. The zero-order chi connectivity index (χ0) is 19.6. The smallest absolute Gasteiger partial charge is 0.273 e. The number of hydrogen-bond acceptors (Lipinski definition) is 6. The molecular formula is C17H17BrFN5O3. The SMILES string of the molecule is CNC(=O)c1nnc(NC(=O)C2CC2)cc1Nc1cc(F)cc(Br)c1OC. The molecule has 0 saturated heterocycles. The first-order valence-electron chi connectivity index (χ1n) is 8.13. The van der Waals surface area contributed by atoms with Gasteiger partial charge in [0.2, 0.25) is 5.91 Å². The number of nitrogens with one attached hydrogen (secondary N) is 3. The summed E-state index contributed by atoms with van der Waals surface area (Å²) in [4.78, 5) is 24.1. The summed E-state index contributed by atoms with van der Waals surface area (Å²) < 4.78 is 19.5. The molecule has 1 aliphatic carbocycles. The standard InChI is InChI=1S/C17H17BrFN5O3/c1-20-17(26)14-11(7-13(23-24-14)22-16(25)8-3-4-8)21-12-6-9(19)5-10(18)15(12)27-2/h5-8H,3-4H2,1-2H3,(H,20,26)(H2,21,22,23,25). The number of carbonyl (C=O) groups is 2. The van der Waals surface area contributed by atoms with Crippen molar-refractivity contribution in [1.82, 2.24) is 15.5 Å². The molecule has 27 heavy (non-hydrogen) atoms. The summed E-state index contributed by atoms with van der Waals surface area (Å²) >= 11 is 3.23. The number of hydrogen-bond donors (Lipinski definition) is 3. The van der Waals surface area contributed by atoms with Crippen LogP contribution in [0.3, 0.4) is 0 Å². The number of halogens is 2. The molecule has 1 heterocycles. The number of nitrogens with zero attached hydrogens (tertiary/aromatic N) is 2. The van der Waals surface area contributed by atoms with E-state index in [1.807, 2.05) is 0 Å². The van der Waals surface area contributed by atoms with Gasteiger partial charge in [0.15, 0.2) is 17.3 Å². The van der Waals surface area contributed by atoms with Gasteiger partial charge in [-0.2, -0.15) is 0 Å². The normalized spacial score (nSPS) is 13.0. The Kier molecular flexibility index (Phi) is 5.54. The van der Waals surface area contributed by atoms with Gasteiger partial charge in [0.25, 0.3) is 5.91 Å². The second kappa shape index (κ2) is 7.87. The summed E-state index contributed by atoms with van der Waals surface area (Å²) in [6, 6.07) is 3.95. The highest BCUT2D eigenvalue weighted by Gasteiger charge is 2.30. The molecule has 142 valence electrons. The molecule has 1 aromatic carbocycles. The summed E-state index contributed by atoms with van der Waals surface area (Å²) in [6.07, 6.45) is 1.68. The lowest BCUT2D eigenvalue weighted by atomic mass is 10.2. The van der Waals surface area contributed by atoms with Crippen molar-refractivity contribution < 1.29 is 18.7 Å². The molecule has 1 saturated carbocycles. The van der Waals surface area contributed by atoms with Crippen molar-refractivity contribution in [1.29, 1.82) is 0 Å². The van der Waals surface area contributed by atoms with Crippen LogP contribution in [0.1, 0.15) is 23.3 Å². The zero-order valence-corrected chi connectivity index (χ0v) is 16.2. The number of benzene rings is 1. The Hall–Kier alpha value is -2.75. The van der Waals surface area contributed by atoms with Gasteiger partial charge in [0, 0.05) is 25.1 Å². The summed E-state index contributed by atoms with van der Waals surface area (Å²) in [7, 11) is 2.89. The van der Waals surface area contributed by atoms with E-state index in [1.54, 1.807) is 0 Å². The van der Waals surface area contributed by atoms with E-state index in [0.29, 0.717) is 10.2 Å². The van der Waals surface area contributed by atoms with Crippen LogP contribution in [0, 0.1) is 11.7 Å². The van der Waals surface area contributed by atoms with Gasteiger partial charge >= 0.3 is 0 Å². The fourth-order valence-electron chi connectivity index (χ4n) is 2.41. The maximum Gasteiger partial charge on any atom is 0.273 e. The lowest BCUT2D eigenvalue weighted by Crippen LogP contribution is -2.22. The Bertz CT molecular complexity index is 904. The van der Waals surface area contributed by atoms with Crippen LogP contribution in [-0.2, 0) is 4.79 Å². The predicted molar refractivity (Wildman–Crippen MR) is 101 cm³/mol. The summed E-state index contributed by atoms with van der Waals surface area (Å²) in [5, 5.41) is 15.8. The Balaban J connectivity index is 1.98. The van der Waals surface area contributed by atoms with Crippen molar-refractivity contribution in [2.24, 2.45) is 5.92 Å². The Morgan fingerprint density at radius 3 is 2.59 bits per heavy atom. The van der Waals surface area contributed by atoms with Gasteiger partial charge in [-0.3, -0.25) is 9.59 Å². The number of amides is 2. The number of aromatic nitrogens is 2. The quantitative estimate of drug-likeness (QED) is 0.641. The molecule has 0 bridgehead atoms. The van der Waals surface area contributed by atoms with Crippen molar-refractivity contribution in [2.45, 2.75) is 12.8 Å². The summed E-state index contributed by atoms with van der Waals surface area (Å²) in [6.45, 7) is 0. The second-order valence-corrected chi connectivity index (χ2v) is 6.78. The zero-order valence-electron chi connectivity index (χ0n) is 14.6. The Morgan fingerprint density at radius 2 is 1.96 bits per heavy atom. The third-order valence-corrected chi connectivity index (χ3v) is 4.51. The van der Waals surface area contributed by atoms with E-state index in [1.165, 1.54) is 32.4 Å². The molecule has 0 aliphatic heterocycles. The molecule has 10 heteroatoms. The fraction of sp³-hybridized carbons (Fsp3) is 0.294. The van der Waals surface area contributed by atoms with Crippen LogP contribution in [0.4, 0.5) is 21.6 Å². The minimum absolute atomic E-state index is 0.00985. The molecule has 1 aromatic heterocycles. The molecule has 1 aliphatic rings. The molecule has 0 spiro atoms. The average molecular weight is 438 g/mol. The van der Waals surface area contributed by atoms with Crippen molar-refractivity contribution in [2.75, 3.05) is 24.8 Å². The molecule has 0 unspecified atom stereocenters. The van der Waals surface area contributed by atoms with Crippen molar-refractivity contribution in [3.8, 4) is 5.75 Å². The van der Waals surface area contributed by atoms with Crippen molar-refractivity contribution in [3.63, 3.8) is 0 Å². The third kappa shape index (κ3) is 4.33. The van der Waals surface area contributed by atoms with Gasteiger partial charge in [-0.25, -0.2) is 4.39 Å². The molecule has 2 amide bonds. The number of rotatable bonds is 6. The van der Waals surface area contributed by atoms with Gasteiger partial charge in [0.1, 0.15) is 5.82 Å². The highest BCUT2D eigenvalue weighted by molar-refractivity contribution is 9.10. The van der Waals surface area contributed by atoms with E-state index in [4.69, 9.17) is 4.74 Å². The highest BCUT2D eigenvalue weighted by Crippen LogP contribution is 2.37. The number of methoxy groups -OCH3 is 1.